The molecule has 6 heteroatoms. The zero-order chi connectivity index (χ0) is 13.7. The van der Waals surface area contributed by atoms with Crippen LogP contribution >= 0.6 is 11.6 Å². The first-order valence-corrected chi connectivity index (χ1v) is 6.14. The lowest BCUT2D eigenvalue weighted by atomic mass is 9.94. The molecule has 0 fully saturated rings. The van der Waals surface area contributed by atoms with Crippen molar-refractivity contribution in [3.8, 4) is 5.75 Å². The predicted molar refractivity (Wildman–Crippen MR) is 72.7 cm³/mol. The van der Waals surface area contributed by atoms with Gasteiger partial charge in [0.05, 0.1) is 6.04 Å². The summed E-state index contributed by atoms with van der Waals surface area (Å²) in [5.74, 6) is 0.291. The van der Waals surface area contributed by atoms with Gasteiger partial charge in [0.15, 0.2) is 4.87 Å². The number of pyridine rings is 1. The first kappa shape index (κ1) is 13.6. The molecule has 1 heterocycles. The number of carbonyl (C=O) groups excluding carboxylic acids is 1. The zero-order valence-corrected chi connectivity index (χ0v) is 11.1. The lowest BCUT2D eigenvalue weighted by Crippen LogP contribution is -2.55. The maximum Gasteiger partial charge on any atom is 0.246 e. The normalized spacial score (nSPS) is 25.1. The molecule has 0 spiro atoms. The van der Waals surface area contributed by atoms with Crippen molar-refractivity contribution in [3.05, 3.63) is 48.8 Å². The molecule has 0 saturated heterocycles. The van der Waals surface area contributed by atoms with Gasteiger partial charge >= 0.3 is 0 Å². The number of halogens is 1. The molecule has 2 atom stereocenters. The number of carbonyl (C=O) groups is 1. The van der Waals surface area contributed by atoms with Crippen molar-refractivity contribution in [2.75, 3.05) is 7.05 Å². The maximum atomic E-state index is 11.9. The summed E-state index contributed by atoms with van der Waals surface area (Å²) in [4.78, 5) is 19.9. The van der Waals surface area contributed by atoms with Crippen LogP contribution in [0.5, 0.6) is 5.75 Å². The molecule has 100 valence electrons. The third kappa shape index (κ3) is 2.94. The molecule has 1 aromatic heterocycles. The smallest absolute Gasteiger partial charge is 0.246 e. The monoisotopic (exact) mass is 279 g/mol. The quantitative estimate of drug-likeness (QED) is 0.642. The molecule has 2 rings (SSSR count). The zero-order valence-electron chi connectivity index (χ0n) is 10.3. The fraction of sp³-hybridized carbons (Fsp3) is 0.231. The summed E-state index contributed by atoms with van der Waals surface area (Å²) in [7, 11) is 1.54. The van der Waals surface area contributed by atoms with E-state index in [1.807, 2.05) is 0 Å². The minimum atomic E-state index is -1.21. The van der Waals surface area contributed by atoms with Crippen molar-refractivity contribution in [2.24, 2.45) is 0 Å². The molecule has 5 nitrogen and oxygen atoms in total. The van der Waals surface area contributed by atoms with E-state index in [9.17, 15) is 4.79 Å². The van der Waals surface area contributed by atoms with Crippen LogP contribution in [0.4, 0.5) is 0 Å². The Kier molecular flexibility index (Phi) is 4.19. The fourth-order valence-electron chi connectivity index (χ4n) is 1.69. The molecule has 0 bridgehead atoms. The van der Waals surface area contributed by atoms with Gasteiger partial charge < -0.3 is 10.2 Å². The molecule has 1 amide bonds. The van der Waals surface area contributed by atoms with E-state index >= 15 is 0 Å². The number of hydrogen-bond donors (Lipinski definition) is 2. The molecular formula is C13H14ClN3O2. The lowest BCUT2D eigenvalue weighted by molar-refractivity contribution is -0.123. The van der Waals surface area contributed by atoms with Gasteiger partial charge in [-0.25, -0.2) is 0 Å². The highest BCUT2D eigenvalue weighted by Gasteiger charge is 2.41. The van der Waals surface area contributed by atoms with Crippen molar-refractivity contribution in [2.45, 2.75) is 10.9 Å². The number of allylic oxidation sites excluding steroid dienone is 2. The Bertz CT molecular complexity index is 504. The van der Waals surface area contributed by atoms with Gasteiger partial charge in [-0.3, -0.25) is 9.78 Å². The van der Waals surface area contributed by atoms with Gasteiger partial charge in [-0.1, -0.05) is 24.3 Å². The summed E-state index contributed by atoms with van der Waals surface area (Å²) in [6.07, 6.45) is 10.1. The van der Waals surface area contributed by atoms with Crippen LogP contribution < -0.4 is 15.6 Å². The Hall–Kier alpha value is -1.85. The molecule has 0 saturated carbocycles. The molecule has 0 radical (unpaired) electrons. The Morgan fingerprint density at radius 2 is 2.16 bits per heavy atom. The number of amides is 1. The van der Waals surface area contributed by atoms with Crippen LogP contribution in [0.3, 0.4) is 0 Å². The third-order valence-corrected chi connectivity index (χ3v) is 3.27. The van der Waals surface area contributed by atoms with Crippen molar-refractivity contribution >= 4 is 17.5 Å². The molecule has 0 aromatic carbocycles. The fourth-order valence-corrected chi connectivity index (χ4v) is 1.97. The number of aromatic nitrogens is 1. The lowest BCUT2D eigenvalue weighted by Gasteiger charge is -2.31. The Morgan fingerprint density at radius 1 is 1.42 bits per heavy atom. The van der Waals surface area contributed by atoms with E-state index in [0.717, 1.165) is 0 Å². The average Bonchev–Trinajstić information content (AvgIpc) is 2.46. The summed E-state index contributed by atoms with van der Waals surface area (Å²) in [5.41, 5.74) is 2.79. The van der Waals surface area contributed by atoms with Gasteiger partial charge in [0, 0.05) is 31.6 Å². The van der Waals surface area contributed by atoms with Crippen molar-refractivity contribution in [3.63, 3.8) is 0 Å². The van der Waals surface area contributed by atoms with E-state index < -0.39 is 10.9 Å². The molecule has 1 aliphatic carbocycles. The third-order valence-electron chi connectivity index (χ3n) is 2.73. The van der Waals surface area contributed by atoms with E-state index in [2.05, 4.69) is 15.8 Å². The van der Waals surface area contributed by atoms with Crippen LogP contribution in [-0.4, -0.2) is 28.9 Å². The van der Waals surface area contributed by atoms with Crippen LogP contribution in [0.15, 0.2) is 48.8 Å². The van der Waals surface area contributed by atoms with Gasteiger partial charge in [0.1, 0.15) is 5.75 Å². The maximum absolute atomic E-state index is 11.9. The van der Waals surface area contributed by atoms with Gasteiger partial charge in [-0.2, -0.15) is 0 Å². The number of hydrogen-bond acceptors (Lipinski definition) is 4. The number of nitrogens with zero attached hydrogens (tertiary/aromatic N) is 1. The Balaban J connectivity index is 2.08. The number of rotatable bonds is 4. The summed E-state index contributed by atoms with van der Waals surface area (Å²) in [6.45, 7) is 0. The van der Waals surface area contributed by atoms with Crippen molar-refractivity contribution in [1.29, 1.82) is 0 Å². The van der Waals surface area contributed by atoms with Crippen molar-refractivity contribution < 1.29 is 9.63 Å². The second-order valence-corrected chi connectivity index (χ2v) is 4.60. The molecule has 1 aliphatic rings. The molecule has 0 aliphatic heterocycles. The summed E-state index contributed by atoms with van der Waals surface area (Å²) in [5, 5.41) is 2.54. The van der Waals surface area contributed by atoms with E-state index in [0.29, 0.717) is 5.75 Å². The highest BCUT2D eigenvalue weighted by Crippen LogP contribution is 2.26. The molecule has 2 N–H and O–H groups in total. The number of alkyl halides is 1. The number of hydroxylamine groups is 1. The summed E-state index contributed by atoms with van der Waals surface area (Å²) in [6, 6.07) is 2.92. The van der Waals surface area contributed by atoms with E-state index in [4.69, 9.17) is 16.4 Å². The molecule has 19 heavy (non-hydrogen) atoms. The van der Waals surface area contributed by atoms with E-state index in [1.54, 1.807) is 55.9 Å². The van der Waals surface area contributed by atoms with Crippen LogP contribution in [0.2, 0.25) is 0 Å². The second kappa shape index (κ2) is 5.86. The first-order valence-electron chi connectivity index (χ1n) is 5.76. The van der Waals surface area contributed by atoms with Gasteiger partial charge in [-0.05, 0) is 0 Å². The Morgan fingerprint density at radius 3 is 2.84 bits per heavy atom. The summed E-state index contributed by atoms with van der Waals surface area (Å²) >= 11 is 6.35. The van der Waals surface area contributed by atoms with Crippen LogP contribution in [-0.2, 0) is 4.79 Å². The predicted octanol–water partition coefficient (Wildman–Crippen LogP) is 1.18. The van der Waals surface area contributed by atoms with E-state index in [1.165, 1.54) is 0 Å². The highest BCUT2D eigenvalue weighted by molar-refractivity contribution is 6.37. The van der Waals surface area contributed by atoms with Crippen molar-refractivity contribution in [1.82, 2.24) is 15.8 Å². The van der Waals surface area contributed by atoms with Gasteiger partial charge in [0.2, 0.25) is 5.91 Å². The van der Waals surface area contributed by atoms with Gasteiger partial charge in [0.25, 0.3) is 0 Å². The highest BCUT2D eigenvalue weighted by atomic mass is 35.5. The standard InChI is InChI=1S/C13H14ClN3O2/c1-15-12(18)13(14)7-3-2-4-11(13)17-19-10-5-8-16-9-6-10/h2-9,11,17H,1H3,(H,15,18). The molecule has 1 aromatic rings. The minimum Gasteiger partial charge on any atom is -0.408 e. The summed E-state index contributed by atoms with van der Waals surface area (Å²) < 4.78 is 0. The van der Waals surface area contributed by atoms with E-state index in [-0.39, 0.29) is 5.91 Å². The van der Waals surface area contributed by atoms with Crippen LogP contribution in [0, 0.1) is 0 Å². The SMILES string of the molecule is CNC(=O)C1(Cl)C=CC=CC1NOc1ccncc1. The molecular weight excluding hydrogens is 266 g/mol. The minimum absolute atomic E-state index is 0.300. The largest absolute Gasteiger partial charge is 0.408 e. The van der Waals surface area contributed by atoms with Crippen LogP contribution in [0.25, 0.3) is 0 Å². The Labute approximate surface area is 116 Å². The average molecular weight is 280 g/mol. The topological polar surface area (TPSA) is 63.2 Å². The second-order valence-electron chi connectivity index (χ2n) is 3.97. The van der Waals surface area contributed by atoms with Gasteiger partial charge in [-0.15, -0.1) is 17.1 Å². The van der Waals surface area contributed by atoms with Crippen LogP contribution in [0.1, 0.15) is 0 Å². The first-order chi connectivity index (χ1) is 9.16. The molecule has 2 unspecified atom stereocenters. The number of nitrogens with one attached hydrogen (secondary N) is 2.